The zero-order chi connectivity index (χ0) is 17.7. The Morgan fingerprint density at radius 2 is 2.32 bits per heavy atom. The van der Waals surface area contributed by atoms with E-state index in [1.165, 1.54) is 0 Å². The predicted molar refractivity (Wildman–Crippen MR) is 92.4 cm³/mol. The van der Waals surface area contributed by atoms with Gasteiger partial charge in [-0.2, -0.15) is 0 Å². The first-order valence-electron chi connectivity index (χ1n) is 9.17. The molecule has 1 aromatic rings. The van der Waals surface area contributed by atoms with E-state index in [1.807, 2.05) is 13.0 Å². The number of aromatic nitrogens is 1. The lowest BCUT2D eigenvalue weighted by Crippen LogP contribution is -2.51. The van der Waals surface area contributed by atoms with Gasteiger partial charge in [-0.05, 0) is 39.3 Å². The smallest absolute Gasteiger partial charge is 0.227 e. The minimum atomic E-state index is -0.448. The second kappa shape index (κ2) is 8.29. The maximum atomic E-state index is 13.0. The van der Waals surface area contributed by atoms with E-state index in [4.69, 9.17) is 14.0 Å². The number of piperidine rings is 1. The minimum Gasteiger partial charge on any atom is -0.383 e. The van der Waals surface area contributed by atoms with Gasteiger partial charge in [-0.1, -0.05) is 5.16 Å². The van der Waals surface area contributed by atoms with E-state index < -0.39 is 5.41 Å². The summed E-state index contributed by atoms with van der Waals surface area (Å²) in [6.45, 7) is 5.63. The maximum Gasteiger partial charge on any atom is 0.227 e. The van der Waals surface area contributed by atoms with Crippen LogP contribution in [0.3, 0.4) is 0 Å². The molecular formula is C18H29N3O4. The Hall–Kier alpha value is -1.44. The number of carbonyl (C=O) groups is 1. The molecule has 7 nitrogen and oxygen atoms in total. The van der Waals surface area contributed by atoms with Crippen molar-refractivity contribution in [2.45, 2.75) is 44.6 Å². The quantitative estimate of drug-likeness (QED) is 0.769. The summed E-state index contributed by atoms with van der Waals surface area (Å²) in [5.41, 5.74) is 0.501. The molecule has 2 aliphatic rings. The number of methoxy groups -OCH3 is 1. The molecular weight excluding hydrogens is 322 g/mol. The van der Waals surface area contributed by atoms with Gasteiger partial charge in [0, 0.05) is 38.2 Å². The summed E-state index contributed by atoms with van der Waals surface area (Å²) < 4.78 is 16.1. The van der Waals surface area contributed by atoms with Crippen molar-refractivity contribution in [2.24, 2.45) is 5.41 Å². The standard InChI is InChI=1S/C18H29N3O4/c1-13(11-23-2)20-17(22)18(4-6-19-7-5-18)10-15-9-16(21-25-15)14-3-8-24-12-14/h9,13-14,19H,3-8,10-12H2,1-2H3,(H,20,22)/t13-,14+/m1/s1. The molecule has 0 aliphatic carbocycles. The van der Waals surface area contributed by atoms with E-state index >= 15 is 0 Å². The lowest BCUT2D eigenvalue weighted by Gasteiger charge is -2.36. The highest BCUT2D eigenvalue weighted by Gasteiger charge is 2.41. The van der Waals surface area contributed by atoms with Crippen LogP contribution < -0.4 is 10.6 Å². The van der Waals surface area contributed by atoms with Crippen molar-refractivity contribution in [3.05, 3.63) is 17.5 Å². The molecule has 2 aliphatic heterocycles. The number of hydrogen-bond donors (Lipinski definition) is 2. The fourth-order valence-electron chi connectivity index (χ4n) is 3.76. The molecule has 2 saturated heterocycles. The van der Waals surface area contributed by atoms with E-state index in [2.05, 4.69) is 15.8 Å². The molecule has 2 N–H and O–H groups in total. The second-order valence-electron chi connectivity index (χ2n) is 7.32. The summed E-state index contributed by atoms with van der Waals surface area (Å²) in [7, 11) is 1.64. The topological polar surface area (TPSA) is 85.6 Å². The van der Waals surface area contributed by atoms with Crippen LogP contribution in [0.15, 0.2) is 10.6 Å². The summed E-state index contributed by atoms with van der Waals surface area (Å²) in [6, 6.07) is 2.00. The van der Waals surface area contributed by atoms with Crippen LogP contribution in [0.25, 0.3) is 0 Å². The summed E-state index contributed by atoms with van der Waals surface area (Å²) in [5.74, 6) is 1.19. The van der Waals surface area contributed by atoms with Crippen LogP contribution in [-0.4, -0.2) is 57.1 Å². The summed E-state index contributed by atoms with van der Waals surface area (Å²) in [6.07, 6.45) is 3.15. The maximum absolute atomic E-state index is 13.0. The van der Waals surface area contributed by atoms with E-state index in [1.54, 1.807) is 7.11 Å². The number of nitrogens with one attached hydrogen (secondary N) is 2. The molecule has 0 aromatic carbocycles. The largest absolute Gasteiger partial charge is 0.383 e. The van der Waals surface area contributed by atoms with E-state index in [9.17, 15) is 4.79 Å². The minimum absolute atomic E-state index is 0.00909. The highest BCUT2D eigenvalue weighted by molar-refractivity contribution is 5.83. The number of carbonyl (C=O) groups excluding carboxylic acids is 1. The SMILES string of the molecule is COC[C@@H](C)NC(=O)C1(Cc2cc([C@H]3CCOC3)no2)CCNCC1. The Kier molecular flexibility index (Phi) is 6.09. The number of nitrogens with zero attached hydrogens (tertiary/aromatic N) is 1. The highest BCUT2D eigenvalue weighted by atomic mass is 16.5. The van der Waals surface area contributed by atoms with E-state index in [0.29, 0.717) is 25.6 Å². The van der Waals surface area contributed by atoms with Gasteiger partial charge in [-0.3, -0.25) is 4.79 Å². The molecule has 2 atom stereocenters. The summed E-state index contributed by atoms with van der Waals surface area (Å²) in [5, 5.41) is 10.7. The summed E-state index contributed by atoms with van der Waals surface area (Å²) >= 11 is 0. The second-order valence-corrected chi connectivity index (χ2v) is 7.32. The van der Waals surface area contributed by atoms with Gasteiger partial charge in [0.05, 0.1) is 24.3 Å². The molecule has 140 valence electrons. The Bertz CT molecular complexity index is 562. The molecule has 3 rings (SSSR count). The molecule has 25 heavy (non-hydrogen) atoms. The third-order valence-corrected chi connectivity index (χ3v) is 5.27. The predicted octanol–water partition coefficient (Wildman–Crippen LogP) is 1.24. The van der Waals surface area contributed by atoms with Gasteiger partial charge in [0.25, 0.3) is 0 Å². The van der Waals surface area contributed by atoms with Gasteiger partial charge in [0.1, 0.15) is 5.76 Å². The van der Waals surface area contributed by atoms with Gasteiger partial charge in [0.15, 0.2) is 0 Å². The molecule has 0 unspecified atom stereocenters. The molecule has 7 heteroatoms. The zero-order valence-electron chi connectivity index (χ0n) is 15.2. The average molecular weight is 351 g/mol. The molecule has 0 bridgehead atoms. The van der Waals surface area contributed by atoms with E-state index in [0.717, 1.165) is 50.4 Å². The Labute approximate surface area is 148 Å². The first-order valence-corrected chi connectivity index (χ1v) is 9.17. The van der Waals surface area contributed by atoms with Crippen molar-refractivity contribution in [3.8, 4) is 0 Å². The first-order chi connectivity index (χ1) is 12.1. The molecule has 1 amide bonds. The van der Waals surface area contributed by atoms with Gasteiger partial charge in [0.2, 0.25) is 5.91 Å². The first kappa shape index (κ1) is 18.4. The Morgan fingerprint density at radius 3 is 3.00 bits per heavy atom. The lowest BCUT2D eigenvalue weighted by molar-refractivity contribution is -0.133. The fourth-order valence-corrected chi connectivity index (χ4v) is 3.76. The summed E-state index contributed by atoms with van der Waals surface area (Å²) in [4.78, 5) is 13.0. The van der Waals surface area contributed by atoms with Gasteiger partial charge >= 0.3 is 0 Å². The van der Waals surface area contributed by atoms with Crippen LogP contribution in [0, 0.1) is 5.41 Å². The molecule has 0 saturated carbocycles. The van der Waals surface area contributed by atoms with Crippen molar-refractivity contribution in [2.75, 3.05) is 40.0 Å². The lowest BCUT2D eigenvalue weighted by atomic mass is 9.74. The molecule has 0 spiro atoms. The molecule has 2 fully saturated rings. The van der Waals surface area contributed by atoms with Crippen molar-refractivity contribution >= 4 is 5.91 Å². The van der Waals surface area contributed by atoms with Crippen LogP contribution in [-0.2, 0) is 20.7 Å². The van der Waals surface area contributed by atoms with Crippen LogP contribution in [0.4, 0.5) is 0 Å². The normalized spacial score (nSPS) is 24.2. The van der Waals surface area contributed by atoms with Crippen molar-refractivity contribution in [3.63, 3.8) is 0 Å². The molecule has 0 radical (unpaired) electrons. The Morgan fingerprint density at radius 1 is 1.52 bits per heavy atom. The monoisotopic (exact) mass is 351 g/mol. The van der Waals surface area contributed by atoms with Gasteiger partial charge < -0.3 is 24.6 Å². The molecule has 3 heterocycles. The third kappa shape index (κ3) is 4.40. The number of hydrogen-bond acceptors (Lipinski definition) is 6. The van der Waals surface area contributed by atoms with Crippen molar-refractivity contribution in [1.82, 2.24) is 15.8 Å². The van der Waals surface area contributed by atoms with Crippen LogP contribution >= 0.6 is 0 Å². The zero-order valence-corrected chi connectivity index (χ0v) is 15.2. The van der Waals surface area contributed by atoms with Crippen molar-refractivity contribution in [1.29, 1.82) is 0 Å². The van der Waals surface area contributed by atoms with Gasteiger partial charge in [-0.25, -0.2) is 0 Å². The van der Waals surface area contributed by atoms with Crippen LogP contribution in [0.5, 0.6) is 0 Å². The van der Waals surface area contributed by atoms with Crippen LogP contribution in [0.2, 0.25) is 0 Å². The third-order valence-electron chi connectivity index (χ3n) is 5.27. The fraction of sp³-hybridized carbons (Fsp3) is 0.778. The number of amides is 1. The van der Waals surface area contributed by atoms with Crippen LogP contribution in [0.1, 0.15) is 43.6 Å². The average Bonchev–Trinajstić information content (AvgIpc) is 3.27. The van der Waals surface area contributed by atoms with Gasteiger partial charge in [-0.15, -0.1) is 0 Å². The highest BCUT2D eigenvalue weighted by Crippen LogP contribution is 2.35. The molecule has 1 aromatic heterocycles. The number of rotatable bonds is 7. The number of ether oxygens (including phenoxy) is 2. The Balaban J connectivity index is 1.70. The van der Waals surface area contributed by atoms with E-state index in [-0.39, 0.29) is 11.9 Å². The van der Waals surface area contributed by atoms with Crippen molar-refractivity contribution < 1.29 is 18.8 Å².